The second kappa shape index (κ2) is 3.52. The first-order valence-corrected chi connectivity index (χ1v) is 5.30. The Hall–Kier alpha value is -1.97. The number of hydrogen-bond donors (Lipinski definition) is 0. The molecule has 1 amide bonds. The molecular formula is C13H9F2NO. The van der Waals surface area contributed by atoms with Gasteiger partial charge in [-0.05, 0) is 17.5 Å². The van der Waals surface area contributed by atoms with Crippen LogP contribution in [0.3, 0.4) is 0 Å². The van der Waals surface area contributed by atoms with E-state index in [1.54, 1.807) is 24.3 Å². The zero-order valence-electron chi connectivity index (χ0n) is 8.86. The van der Waals surface area contributed by atoms with Gasteiger partial charge in [0.1, 0.15) is 0 Å². The molecule has 2 aromatic carbocycles. The van der Waals surface area contributed by atoms with Crippen molar-refractivity contribution in [2.75, 3.05) is 11.4 Å². The zero-order valence-corrected chi connectivity index (χ0v) is 8.86. The van der Waals surface area contributed by atoms with Crippen LogP contribution in [0.15, 0.2) is 36.4 Å². The summed E-state index contributed by atoms with van der Waals surface area (Å²) in [5.41, 5.74) is 1.10. The molecule has 0 fully saturated rings. The molecular weight excluding hydrogens is 224 g/mol. The first-order chi connectivity index (χ1) is 8.18. The van der Waals surface area contributed by atoms with Gasteiger partial charge in [0, 0.05) is 10.9 Å². The van der Waals surface area contributed by atoms with Crippen LogP contribution in [-0.4, -0.2) is 18.9 Å². The molecule has 0 saturated carbocycles. The number of rotatable bonds is 2. The van der Waals surface area contributed by atoms with E-state index in [2.05, 4.69) is 0 Å². The molecule has 1 aliphatic heterocycles. The van der Waals surface area contributed by atoms with Gasteiger partial charge in [0.2, 0.25) is 0 Å². The molecule has 1 aliphatic rings. The highest BCUT2D eigenvalue weighted by Crippen LogP contribution is 2.37. The SMILES string of the molecule is O=C1c2cccc3cccc(c23)N1CC(F)F. The van der Waals surface area contributed by atoms with Crippen molar-refractivity contribution in [3.8, 4) is 0 Å². The number of halogens is 2. The smallest absolute Gasteiger partial charge is 0.259 e. The second-order valence-corrected chi connectivity index (χ2v) is 3.99. The number of benzene rings is 2. The van der Waals surface area contributed by atoms with Crippen LogP contribution in [0.2, 0.25) is 0 Å². The predicted molar refractivity (Wildman–Crippen MR) is 61.6 cm³/mol. The highest BCUT2D eigenvalue weighted by Gasteiger charge is 2.30. The fourth-order valence-corrected chi connectivity index (χ4v) is 2.30. The van der Waals surface area contributed by atoms with Crippen molar-refractivity contribution >= 4 is 22.4 Å². The number of amides is 1. The highest BCUT2D eigenvalue weighted by atomic mass is 19.3. The molecule has 0 N–H and O–H groups in total. The molecule has 86 valence electrons. The molecule has 0 aromatic heterocycles. The molecule has 0 bridgehead atoms. The summed E-state index contributed by atoms with van der Waals surface area (Å²) < 4.78 is 24.9. The maximum Gasteiger partial charge on any atom is 0.259 e. The highest BCUT2D eigenvalue weighted by molar-refractivity contribution is 6.25. The molecule has 4 heteroatoms. The van der Waals surface area contributed by atoms with Gasteiger partial charge in [0.25, 0.3) is 12.3 Å². The van der Waals surface area contributed by atoms with E-state index in [1.807, 2.05) is 12.1 Å². The third kappa shape index (κ3) is 1.40. The van der Waals surface area contributed by atoms with Crippen LogP contribution in [-0.2, 0) is 0 Å². The normalized spacial score (nSPS) is 14.1. The second-order valence-electron chi connectivity index (χ2n) is 3.99. The monoisotopic (exact) mass is 233 g/mol. The minimum absolute atomic E-state index is 0.336. The quantitative estimate of drug-likeness (QED) is 0.780. The van der Waals surface area contributed by atoms with Crippen molar-refractivity contribution in [2.24, 2.45) is 0 Å². The maximum atomic E-state index is 12.5. The van der Waals surface area contributed by atoms with Crippen molar-refractivity contribution in [2.45, 2.75) is 6.43 Å². The fourth-order valence-electron chi connectivity index (χ4n) is 2.30. The molecule has 3 rings (SSSR count). The Morgan fingerprint density at radius 1 is 1.12 bits per heavy atom. The lowest BCUT2D eigenvalue weighted by molar-refractivity contribution is 0.0953. The van der Waals surface area contributed by atoms with Gasteiger partial charge in [-0.2, -0.15) is 0 Å². The third-order valence-electron chi connectivity index (χ3n) is 2.97. The lowest BCUT2D eigenvalue weighted by Crippen LogP contribution is -2.31. The molecule has 2 nitrogen and oxygen atoms in total. The van der Waals surface area contributed by atoms with Crippen LogP contribution in [0.1, 0.15) is 10.4 Å². The minimum atomic E-state index is -2.52. The van der Waals surface area contributed by atoms with Crippen LogP contribution in [0, 0.1) is 0 Å². The van der Waals surface area contributed by atoms with Gasteiger partial charge >= 0.3 is 0 Å². The van der Waals surface area contributed by atoms with Gasteiger partial charge in [-0.15, -0.1) is 0 Å². The van der Waals surface area contributed by atoms with E-state index in [0.717, 1.165) is 15.7 Å². The first-order valence-electron chi connectivity index (χ1n) is 5.30. The van der Waals surface area contributed by atoms with Crippen LogP contribution in [0.5, 0.6) is 0 Å². The lowest BCUT2D eigenvalue weighted by atomic mass is 10.1. The number of anilines is 1. The van der Waals surface area contributed by atoms with Crippen LogP contribution in [0.4, 0.5) is 14.5 Å². The van der Waals surface area contributed by atoms with E-state index >= 15 is 0 Å². The Kier molecular flexibility index (Phi) is 2.11. The van der Waals surface area contributed by atoms with Crippen molar-refractivity contribution in [3.63, 3.8) is 0 Å². The molecule has 0 saturated heterocycles. The van der Waals surface area contributed by atoms with Crippen LogP contribution in [0.25, 0.3) is 10.8 Å². The average molecular weight is 233 g/mol. The van der Waals surface area contributed by atoms with Gasteiger partial charge < -0.3 is 4.90 Å². The molecule has 0 radical (unpaired) electrons. The van der Waals surface area contributed by atoms with E-state index in [-0.39, 0.29) is 5.91 Å². The van der Waals surface area contributed by atoms with Gasteiger partial charge in [-0.3, -0.25) is 4.79 Å². The average Bonchev–Trinajstić information content (AvgIpc) is 2.57. The number of alkyl halides is 2. The summed E-state index contributed by atoms with van der Waals surface area (Å²) in [6.45, 7) is -0.549. The molecule has 0 aliphatic carbocycles. The number of carbonyl (C=O) groups is 1. The summed E-state index contributed by atoms with van der Waals surface area (Å²) in [5, 5.41) is 1.69. The Labute approximate surface area is 96.5 Å². The van der Waals surface area contributed by atoms with Crippen molar-refractivity contribution < 1.29 is 13.6 Å². The maximum absolute atomic E-state index is 12.5. The fraction of sp³-hybridized carbons (Fsp3) is 0.154. The Morgan fingerprint density at radius 3 is 2.53 bits per heavy atom. The van der Waals surface area contributed by atoms with E-state index in [9.17, 15) is 13.6 Å². The topological polar surface area (TPSA) is 20.3 Å². The van der Waals surface area contributed by atoms with Crippen LogP contribution < -0.4 is 4.90 Å². The zero-order chi connectivity index (χ0) is 12.0. The van der Waals surface area contributed by atoms with E-state index < -0.39 is 13.0 Å². The summed E-state index contributed by atoms with van der Waals surface area (Å²) >= 11 is 0. The summed E-state index contributed by atoms with van der Waals surface area (Å²) in [7, 11) is 0. The summed E-state index contributed by atoms with van der Waals surface area (Å²) in [6.07, 6.45) is -2.52. The van der Waals surface area contributed by atoms with Gasteiger partial charge in [-0.1, -0.05) is 24.3 Å². The molecule has 1 heterocycles. The van der Waals surface area contributed by atoms with Gasteiger partial charge in [0.05, 0.1) is 12.2 Å². The molecule has 0 atom stereocenters. The molecule has 17 heavy (non-hydrogen) atoms. The predicted octanol–water partition coefficient (Wildman–Crippen LogP) is 3.07. The van der Waals surface area contributed by atoms with Crippen molar-refractivity contribution in [3.05, 3.63) is 42.0 Å². The third-order valence-corrected chi connectivity index (χ3v) is 2.97. The summed E-state index contributed by atoms with van der Waals surface area (Å²) in [6, 6.07) is 10.7. The molecule has 0 unspecified atom stereocenters. The van der Waals surface area contributed by atoms with Gasteiger partial charge in [-0.25, -0.2) is 8.78 Å². The lowest BCUT2D eigenvalue weighted by Gasteiger charge is -2.16. The largest absolute Gasteiger partial charge is 0.302 e. The summed E-state index contributed by atoms with van der Waals surface area (Å²) in [5.74, 6) is -0.336. The van der Waals surface area contributed by atoms with Gasteiger partial charge in [0.15, 0.2) is 0 Å². The Morgan fingerprint density at radius 2 is 1.82 bits per heavy atom. The number of hydrogen-bond acceptors (Lipinski definition) is 1. The summed E-state index contributed by atoms with van der Waals surface area (Å²) in [4.78, 5) is 13.2. The Bertz CT molecular complexity index is 604. The first kappa shape index (κ1) is 10.2. The molecule has 0 spiro atoms. The van der Waals surface area contributed by atoms with E-state index in [4.69, 9.17) is 0 Å². The Balaban J connectivity index is 2.23. The van der Waals surface area contributed by atoms with E-state index in [0.29, 0.717) is 11.3 Å². The number of nitrogens with zero attached hydrogens (tertiary/aromatic N) is 1. The van der Waals surface area contributed by atoms with Crippen molar-refractivity contribution in [1.29, 1.82) is 0 Å². The van der Waals surface area contributed by atoms with Crippen LogP contribution >= 0.6 is 0 Å². The minimum Gasteiger partial charge on any atom is -0.302 e. The number of carbonyl (C=O) groups excluding carboxylic acids is 1. The molecule has 2 aromatic rings. The van der Waals surface area contributed by atoms with Crippen molar-refractivity contribution in [1.82, 2.24) is 0 Å². The van der Waals surface area contributed by atoms with E-state index in [1.165, 1.54) is 0 Å². The standard InChI is InChI=1S/C13H9F2NO/c14-11(15)7-16-10-6-2-4-8-3-1-5-9(12(8)10)13(16)17/h1-6,11H,7H2.